The van der Waals surface area contributed by atoms with Gasteiger partial charge in [0.1, 0.15) is 11.2 Å². The summed E-state index contributed by atoms with van der Waals surface area (Å²) in [5, 5.41) is 7.26. The molecule has 2 aromatic rings. The molecule has 2 fully saturated rings. The van der Waals surface area contributed by atoms with Gasteiger partial charge in [0.25, 0.3) is 0 Å². The Bertz CT molecular complexity index is 752. The van der Waals surface area contributed by atoms with Crippen LogP contribution in [-0.4, -0.2) is 64.6 Å². The van der Waals surface area contributed by atoms with E-state index in [0.717, 1.165) is 69.0 Å². The van der Waals surface area contributed by atoms with Crippen molar-refractivity contribution in [2.24, 2.45) is 0 Å². The number of likely N-dealkylation sites (tertiary alicyclic amines) is 1. The standard InChI is InChI=1S/C19H25N5O2/c1-23-10-2-7-21-18(25)19(23)5-11-24(12-6-19)14-16-13-17(22-26-16)15-3-8-20-9-4-15/h3-4,8-9,13H,2,5-7,10-12,14H2,1H3,(H,21,25). The van der Waals surface area contributed by atoms with E-state index in [9.17, 15) is 4.79 Å². The number of amides is 1. The third-order valence-electron chi connectivity index (χ3n) is 5.71. The Kier molecular flexibility index (Phi) is 4.74. The van der Waals surface area contributed by atoms with Crippen LogP contribution in [0.3, 0.4) is 0 Å². The van der Waals surface area contributed by atoms with E-state index in [-0.39, 0.29) is 11.4 Å². The number of hydrogen-bond acceptors (Lipinski definition) is 6. The lowest BCUT2D eigenvalue weighted by molar-refractivity contribution is -0.134. The molecular formula is C19H25N5O2. The number of carbonyl (C=O) groups excluding carboxylic acids is 1. The highest BCUT2D eigenvalue weighted by Gasteiger charge is 2.45. The summed E-state index contributed by atoms with van der Waals surface area (Å²) in [5.41, 5.74) is 1.49. The number of rotatable bonds is 3. The molecule has 0 aromatic carbocycles. The lowest BCUT2D eigenvalue weighted by atomic mass is 9.85. The zero-order valence-electron chi connectivity index (χ0n) is 15.1. The minimum Gasteiger partial charge on any atom is -0.359 e. The van der Waals surface area contributed by atoms with E-state index < -0.39 is 0 Å². The van der Waals surface area contributed by atoms with Crippen molar-refractivity contribution in [3.8, 4) is 11.3 Å². The second kappa shape index (κ2) is 7.17. The van der Waals surface area contributed by atoms with Crippen molar-refractivity contribution in [3.63, 3.8) is 0 Å². The molecule has 1 amide bonds. The minimum absolute atomic E-state index is 0.191. The molecule has 0 bridgehead atoms. The fourth-order valence-electron chi connectivity index (χ4n) is 4.03. The zero-order chi connectivity index (χ0) is 18.0. The van der Waals surface area contributed by atoms with Crippen LogP contribution in [0.4, 0.5) is 0 Å². The van der Waals surface area contributed by atoms with Crippen molar-refractivity contribution in [1.82, 2.24) is 25.3 Å². The molecule has 2 aliphatic rings. The fraction of sp³-hybridized carbons (Fsp3) is 0.526. The lowest BCUT2D eigenvalue weighted by Crippen LogP contribution is -2.60. The quantitative estimate of drug-likeness (QED) is 0.900. The summed E-state index contributed by atoms with van der Waals surface area (Å²) in [7, 11) is 2.08. The number of piperidine rings is 1. The van der Waals surface area contributed by atoms with Crippen molar-refractivity contribution in [2.75, 3.05) is 33.2 Å². The van der Waals surface area contributed by atoms with E-state index in [1.807, 2.05) is 18.2 Å². The molecular weight excluding hydrogens is 330 g/mol. The second-order valence-corrected chi connectivity index (χ2v) is 7.25. The first-order chi connectivity index (χ1) is 12.7. The molecule has 2 aromatic heterocycles. The minimum atomic E-state index is -0.351. The van der Waals surface area contributed by atoms with Gasteiger partial charge in [0.05, 0.1) is 6.54 Å². The molecule has 4 heterocycles. The predicted molar refractivity (Wildman–Crippen MR) is 97.2 cm³/mol. The number of likely N-dealkylation sites (N-methyl/N-ethyl adjacent to an activating group) is 1. The van der Waals surface area contributed by atoms with E-state index in [4.69, 9.17) is 4.52 Å². The van der Waals surface area contributed by atoms with E-state index in [2.05, 4.69) is 32.3 Å². The van der Waals surface area contributed by atoms with Crippen LogP contribution < -0.4 is 5.32 Å². The van der Waals surface area contributed by atoms with Crippen LogP contribution in [0.2, 0.25) is 0 Å². The maximum absolute atomic E-state index is 12.6. The Morgan fingerprint density at radius 2 is 2.00 bits per heavy atom. The van der Waals surface area contributed by atoms with Gasteiger partial charge in [-0.15, -0.1) is 0 Å². The van der Waals surface area contributed by atoms with Crippen molar-refractivity contribution >= 4 is 5.91 Å². The van der Waals surface area contributed by atoms with Gasteiger partial charge in [-0.3, -0.25) is 19.6 Å². The number of nitrogens with one attached hydrogen (secondary N) is 1. The molecule has 0 aliphatic carbocycles. The zero-order valence-corrected chi connectivity index (χ0v) is 15.1. The summed E-state index contributed by atoms with van der Waals surface area (Å²) < 4.78 is 5.52. The van der Waals surface area contributed by atoms with E-state index in [0.29, 0.717) is 0 Å². The Morgan fingerprint density at radius 3 is 2.77 bits per heavy atom. The molecule has 138 valence electrons. The van der Waals surface area contributed by atoms with Crippen LogP contribution in [0.15, 0.2) is 35.1 Å². The van der Waals surface area contributed by atoms with Gasteiger partial charge in [-0.1, -0.05) is 5.16 Å². The topological polar surface area (TPSA) is 74.5 Å². The van der Waals surface area contributed by atoms with Crippen LogP contribution in [0.1, 0.15) is 25.0 Å². The molecule has 2 saturated heterocycles. The van der Waals surface area contributed by atoms with Gasteiger partial charge < -0.3 is 9.84 Å². The van der Waals surface area contributed by atoms with E-state index in [1.54, 1.807) is 12.4 Å². The first kappa shape index (κ1) is 17.2. The number of aromatic nitrogens is 2. The first-order valence-corrected chi connectivity index (χ1v) is 9.25. The SMILES string of the molecule is CN1CCCNC(=O)C12CCN(Cc1cc(-c3ccncc3)no1)CC2. The van der Waals surface area contributed by atoms with E-state index in [1.165, 1.54) is 0 Å². The second-order valence-electron chi connectivity index (χ2n) is 7.25. The highest BCUT2D eigenvalue weighted by molar-refractivity contribution is 5.86. The summed E-state index contributed by atoms with van der Waals surface area (Å²) in [6.07, 6.45) is 6.22. The maximum atomic E-state index is 12.6. The number of carbonyl (C=O) groups is 1. The van der Waals surface area contributed by atoms with Gasteiger partial charge in [-0.2, -0.15) is 0 Å². The summed E-state index contributed by atoms with van der Waals surface area (Å²) >= 11 is 0. The average Bonchev–Trinajstić information content (AvgIpc) is 3.10. The van der Waals surface area contributed by atoms with Crippen molar-refractivity contribution < 1.29 is 9.32 Å². The molecule has 2 aliphatic heterocycles. The third kappa shape index (κ3) is 3.24. The van der Waals surface area contributed by atoms with Gasteiger partial charge in [0.15, 0.2) is 5.76 Å². The summed E-state index contributed by atoms with van der Waals surface area (Å²) in [5.74, 6) is 1.04. The van der Waals surface area contributed by atoms with Gasteiger partial charge in [-0.05, 0) is 38.4 Å². The first-order valence-electron chi connectivity index (χ1n) is 9.25. The molecule has 7 nitrogen and oxygen atoms in total. The molecule has 1 N–H and O–H groups in total. The molecule has 26 heavy (non-hydrogen) atoms. The predicted octanol–water partition coefficient (Wildman–Crippen LogP) is 1.52. The van der Waals surface area contributed by atoms with Crippen LogP contribution in [0.25, 0.3) is 11.3 Å². The van der Waals surface area contributed by atoms with Gasteiger partial charge >= 0.3 is 0 Å². The summed E-state index contributed by atoms with van der Waals surface area (Å²) in [6.45, 7) is 4.23. The monoisotopic (exact) mass is 355 g/mol. The largest absolute Gasteiger partial charge is 0.359 e. The van der Waals surface area contributed by atoms with Crippen LogP contribution >= 0.6 is 0 Å². The number of pyridine rings is 1. The normalized spacial score (nSPS) is 21.5. The fourth-order valence-corrected chi connectivity index (χ4v) is 4.03. The molecule has 1 spiro atoms. The Labute approximate surface area is 153 Å². The molecule has 4 rings (SSSR count). The molecule has 7 heteroatoms. The van der Waals surface area contributed by atoms with Crippen LogP contribution in [0, 0.1) is 0 Å². The highest BCUT2D eigenvalue weighted by atomic mass is 16.5. The Balaban J connectivity index is 1.40. The molecule has 0 saturated carbocycles. The summed E-state index contributed by atoms with van der Waals surface area (Å²) in [6, 6.07) is 5.84. The maximum Gasteiger partial charge on any atom is 0.240 e. The van der Waals surface area contributed by atoms with Gasteiger partial charge in [-0.25, -0.2) is 0 Å². The van der Waals surface area contributed by atoms with Crippen LogP contribution in [0.5, 0.6) is 0 Å². The number of nitrogens with zero attached hydrogens (tertiary/aromatic N) is 4. The summed E-state index contributed by atoms with van der Waals surface area (Å²) in [4.78, 5) is 21.2. The molecule has 0 unspecified atom stereocenters. The molecule has 0 radical (unpaired) electrons. The van der Waals surface area contributed by atoms with Crippen molar-refractivity contribution in [1.29, 1.82) is 0 Å². The smallest absolute Gasteiger partial charge is 0.240 e. The lowest BCUT2D eigenvalue weighted by Gasteiger charge is -2.44. The highest BCUT2D eigenvalue weighted by Crippen LogP contribution is 2.30. The van der Waals surface area contributed by atoms with Crippen molar-refractivity contribution in [2.45, 2.75) is 31.3 Å². The van der Waals surface area contributed by atoms with Crippen molar-refractivity contribution in [3.05, 3.63) is 36.4 Å². The third-order valence-corrected chi connectivity index (χ3v) is 5.71. The Hall–Kier alpha value is -2.25. The van der Waals surface area contributed by atoms with Gasteiger partial charge in [0, 0.05) is 50.2 Å². The van der Waals surface area contributed by atoms with E-state index >= 15 is 0 Å². The van der Waals surface area contributed by atoms with Crippen LogP contribution in [-0.2, 0) is 11.3 Å². The average molecular weight is 355 g/mol. The van der Waals surface area contributed by atoms with Gasteiger partial charge in [0.2, 0.25) is 5.91 Å². The Morgan fingerprint density at radius 1 is 1.23 bits per heavy atom. The molecule has 0 atom stereocenters. The number of hydrogen-bond donors (Lipinski definition) is 1.